The summed E-state index contributed by atoms with van der Waals surface area (Å²) >= 11 is 0. The molecule has 6 heteroatoms. The second-order valence-electron chi connectivity index (χ2n) is 6.54. The average Bonchev–Trinajstić information content (AvgIpc) is 2.76. The molecule has 0 amide bonds. The molecular weight excluding hydrogens is 362 g/mol. The van der Waals surface area contributed by atoms with Crippen LogP contribution in [0.3, 0.4) is 0 Å². The van der Waals surface area contributed by atoms with E-state index in [1.807, 2.05) is 54.6 Å². The van der Waals surface area contributed by atoms with Crippen molar-refractivity contribution < 1.29 is 4.74 Å². The van der Waals surface area contributed by atoms with Gasteiger partial charge in [-0.3, -0.25) is 0 Å². The maximum absolute atomic E-state index is 5.97. The topological polar surface area (TPSA) is 72.0 Å². The van der Waals surface area contributed by atoms with Crippen LogP contribution in [0.25, 0.3) is 0 Å². The molecule has 4 aromatic rings. The smallest absolute Gasteiger partial charge is 0.249 e. The molecule has 0 saturated carbocycles. The van der Waals surface area contributed by atoms with Crippen LogP contribution in [0.1, 0.15) is 11.1 Å². The molecule has 4 rings (SSSR count). The zero-order valence-electron chi connectivity index (χ0n) is 16.0. The van der Waals surface area contributed by atoms with Crippen molar-refractivity contribution in [2.24, 2.45) is 0 Å². The van der Waals surface area contributed by atoms with E-state index >= 15 is 0 Å². The summed E-state index contributed by atoms with van der Waals surface area (Å²) in [5, 5.41) is 14.6. The highest BCUT2D eigenvalue weighted by atomic mass is 16.5. The van der Waals surface area contributed by atoms with Crippen LogP contribution in [0.2, 0.25) is 0 Å². The highest BCUT2D eigenvalue weighted by molar-refractivity contribution is 5.63. The first-order valence-electron chi connectivity index (χ1n) is 9.34. The van der Waals surface area contributed by atoms with E-state index in [1.54, 1.807) is 6.20 Å². The molecule has 0 atom stereocenters. The Kier molecular flexibility index (Phi) is 5.62. The van der Waals surface area contributed by atoms with Gasteiger partial charge >= 0.3 is 0 Å². The molecule has 2 N–H and O–H groups in total. The molecule has 144 valence electrons. The Bertz CT molecular complexity index is 1070. The van der Waals surface area contributed by atoms with Crippen molar-refractivity contribution in [2.75, 3.05) is 10.6 Å². The van der Waals surface area contributed by atoms with Crippen LogP contribution < -0.4 is 15.4 Å². The largest absolute Gasteiger partial charge is 0.455 e. The van der Waals surface area contributed by atoms with Crippen LogP contribution in [0.15, 0.2) is 85.1 Å². The summed E-state index contributed by atoms with van der Waals surface area (Å²) in [6.45, 7) is 2.73. The normalized spacial score (nSPS) is 10.4. The third kappa shape index (κ3) is 5.07. The van der Waals surface area contributed by atoms with E-state index < -0.39 is 0 Å². The number of nitrogens with one attached hydrogen (secondary N) is 2. The quantitative estimate of drug-likeness (QED) is 0.449. The van der Waals surface area contributed by atoms with Gasteiger partial charge in [0.25, 0.3) is 0 Å². The predicted molar refractivity (Wildman–Crippen MR) is 115 cm³/mol. The Hall–Kier alpha value is -3.93. The van der Waals surface area contributed by atoms with Crippen molar-refractivity contribution in [3.8, 4) is 11.5 Å². The lowest BCUT2D eigenvalue weighted by Crippen LogP contribution is -2.06. The van der Waals surface area contributed by atoms with Gasteiger partial charge in [0.05, 0.1) is 11.9 Å². The molecule has 6 nitrogen and oxygen atoms in total. The molecule has 0 bridgehead atoms. The number of hydrogen-bond acceptors (Lipinski definition) is 6. The molecule has 3 aromatic carbocycles. The molecule has 0 fully saturated rings. The van der Waals surface area contributed by atoms with E-state index in [0.717, 1.165) is 11.4 Å². The predicted octanol–water partition coefficient (Wildman–Crippen LogP) is 5.33. The van der Waals surface area contributed by atoms with E-state index in [0.29, 0.717) is 24.1 Å². The number of nitrogens with zero attached hydrogens (tertiary/aromatic N) is 3. The lowest BCUT2D eigenvalue weighted by atomic mass is 10.1. The van der Waals surface area contributed by atoms with Gasteiger partial charge in [0.1, 0.15) is 5.75 Å². The van der Waals surface area contributed by atoms with Gasteiger partial charge in [-0.2, -0.15) is 10.1 Å². The second-order valence-corrected chi connectivity index (χ2v) is 6.54. The van der Waals surface area contributed by atoms with Gasteiger partial charge < -0.3 is 15.4 Å². The summed E-state index contributed by atoms with van der Waals surface area (Å²) in [5.41, 5.74) is 3.17. The summed E-state index contributed by atoms with van der Waals surface area (Å²) in [5.74, 6) is 2.47. The number of rotatable bonds is 7. The van der Waals surface area contributed by atoms with Crippen molar-refractivity contribution >= 4 is 17.5 Å². The highest BCUT2D eigenvalue weighted by Gasteiger charge is 2.07. The third-order valence-corrected chi connectivity index (χ3v) is 4.26. The van der Waals surface area contributed by atoms with Crippen LogP contribution in [0.4, 0.5) is 17.5 Å². The molecule has 1 aromatic heterocycles. The van der Waals surface area contributed by atoms with Gasteiger partial charge in [-0.25, -0.2) is 0 Å². The third-order valence-electron chi connectivity index (χ3n) is 4.26. The van der Waals surface area contributed by atoms with Crippen molar-refractivity contribution in [1.29, 1.82) is 0 Å². The Morgan fingerprint density at radius 3 is 2.45 bits per heavy atom. The fourth-order valence-electron chi connectivity index (χ4n) is 2.74. The lowest BCUT2D eigenvalue weighted by Gasteiger charge is -2.12. The van der Waals surface area contributed by atoms with Gasteiger partial charge in [-0.05, 0) is 36.8 Å². The highest BCUT2D eigenvalue weighted by Crippen LogP contribution is 2.30. The average molecular weight is 383 g/mol. The SMILES string of the molecule is Cc1ccc(CNc2cnnc(Nc3ccccc3Oc3ccccc3)n2)cc1. The molecule has 1 heterocycles. The number of hydrogen-bond donors (Lipinski definition) is 2. The number of benzene rings is 3. The van der Waals surface area contributed by atoms with Crippen LogP contribution in [-0.2, 0) is 6.54 Å². The summed E-state index contributed by atoms with van der Waals surface area (Å²) in [7, 11) is 0. The van der Waals surface area contributed by atoms with Crippen LogP contribution in [0, 0.1) is 6.92 Å². The summed E-state index contributed by atoms with van der Waals surface area (Å²) in [6.07, 6.45) is 1.60. The zero-order valence-corrected chi connectivity index (χ0v) is 16.0. The van der Waals surface area contributed by atoms with Gasteiger partial charge in [0, 0.05) is 6.54 Å². The minimum atomic E-state index is 0.392. The molecule has 0 spiro atoms. The van der Waals surface area contributed by atoms with Crippen molar-refractivity contribution in [2.45, 2.75) is 13.5 Å². The monoisotopic (exact) mass is 383 g/mol. The van der Waals surface area contributed by atoms with E-state index in [9.17, 15) is 0 Å². The molecule has 0 radical (unpaired) electrons. The van der Waals surface area contributed by atoms with Gasteiger partial charge in [0.15, 0.2) is 11.6 Å². The standard InChI is InChI=1S/C23H21N5O/c1-17-11-13-18(14-12-17)15-24-22-16-25-28-23(27-22)26-20-9-5-6-10-21(20)29-19-7-3-2-4-8-19/h2-14,16H,15H2,1H3,(H2,24,26,27,28). The van der Waals surface area contributed by atoms with Crippen LogP contribution in [-0.4, -0.2) is 15.2 Å². The fourth-order valence-corrected chi connectivity index (χ4v) is 2.74. The number of aromatic nitrogens is 3. The Labute approximate surface area is 169 Å². The van der Waals surface area contributed by atoms with Crippen molar-refractivity contribution in [3.05, 3.63) is 96.2 Å². The first-order valence-corrected chi connectivity index (χ1v) is 9.34. The lowest BCUT2D eigenvalue weighted by molar-refractivity contribution is 0.485. The van der Waals surface area contributed by atoms with Crippen molar-refractivity contribution in [3.63, 3.8) is 0 Å². The number of para-hydroxylation sites is 3. The van der Waals surface area contributed by atoms with E-state index in [-0.39, 0.29) is 0 Å². The summed E-state index contributed by atoms with van der Waals surface area (Å²) in [6, 6.07) is 25.6. The van der Waals surface area contributed by atoms with E-state index in [1.165, 1.54) is 11.1 Å². The minimum absolute atomic E-state index is 0.392. The van der Waals surface area contributed by atoms with Gasteiger partial charge in [-0.1, -0.05) is 60.2 Å². The number of aryl methyl sites for hydroxylation is 1. The maximum atomic E-state index is 5.97. The molecule has 29 heavy (non-hydrogen) atoms. The zero-order chi connectivity index (χ0) is 19.9. The molecule has 0 aliphatic rings. The van der Waals surface area contributed by atoms with E-state index in [2.05, 4.69) is 57.0 Å². The maximum Gasteiger partial charge on any atom is 0.249 e. The molecule has 0 aliphatic carbocycles. The fraction of sp³-hybridized carbons (Fsp3) is 0.0870. The molecule has 0 unspecified atom stereocenters. The Morgan fingerprint density at radius 2 is 1.62 bits per heavy atom. The summed E-state index contributed by atoms with van der Waals surface area (Å²) < 4.78 is 5.97. The Balaban J connectivity index is 1.46. The molecular formula is C23H21N5O. The molecule has 0 saturated heterocycles. The van der Waals surface area contributed by atoms with E-state index in [4.69, 9.17) is 4.74 Å². The minimum Gasteiger partial charge on any atom is -0.455 e. The van der Waals surface area contributed by atoms with Gasteiger partial charge in [-0.15, -0.1) is 5.10 Å². The number of ether oxygens (including phenoxy) is 1. The summed E-state index contributed by atoms with van der Waals surface area (Å²) in [4.78, 5) is 4.50. The first-order chi connectivity index (χ1) is 14.3. The van der Waals surface area contributed by atoms with Crippen LogP contribution in [0.5, 0.6) is 11.5 Å². The molecule has 0 aliphatic heterocycles. The first kappa shape index (κ1) is 18.4. The van der Waals surface area contributed by atoms with Crippen molar-refractivity contribution in [1.82, 2.24) is 15.2 Å². The van der Waals surface area contributed by atoms with Crippen LogP contribution >= 0.6 is 0 Å². The second kappa shape index (κ2) is 8.84. The number of anilines is 3. The Morgan fingerprint density at radius 1 is 0.862 bits per heavy atom. The van der Waals surface area contributed by atoms with Gasteiger partial charge in [0.2, 0.25) is 5.95 Å².